The molecular formula is C14H19N3O. The lowest BCUT2D eigenvalue weighted by atomic mass is 9.94. The van der Waals surface area contributed by atoms with Gasteiger partial charge in [-0.1, -0.05) is 18.2 Å². The van der Waals surface area contributed by atoms with Gasteiger partial charge in [0.2, 0.25) is 0 Å². The van der Waals surface area contributed by atoms with E-state index in [-0.39, 0.29) is 0 Å². The Morgan fingerprint density at radius 3 is 2.83 bits per heavy atom. The minimum atomic E-state index is -0.480. The Bertz CT molecular complexity index is 537. The Kier molecular flexibility index (Phi) is 2.84. The summed E-state index contributed by atoms with van der Waals surface area (Å²) in [6, 6.07) is 8.18. The van der Waals surface area contributed by atoms with Gasteiger partial charge in [-0.05, 0) is 25.8 Å². The fraction of sp³-hybridized carbons (Fsp3) is 0.500. The molecule has 0 unspecified atom stereocenters. The second-order valence-corrected chi connectivity index (χ2v) is 5.49. The van der Waals surface area contributed by atoms with Crippen molar-refractivity contribution in [3.63, 3.8) is 0 Å². The number of benzene rings is 1. The topological polar surface area (TPSA) is 52.1 Å². The SMILES string of the molecule is CC1(O)CCN(Cc2[nH]nc3ccccc23)CC1. The largest absolute Gasteiger partial charge is 0.390 e. The molecule has 0 atom stereocenters. The highest BCUT2D eigenvalue weighted by molar-refractivity contribution is 5.81. The van der Waals surface area contributed by atoms with Crippen LogP contribution in [0, 0.1) is 0 Å². The number of aromatic amines is 1. The fourth-order valence-electron chi connectivity index (χ4n) is 2.55. The van der Waals surface area contributed by atoms with E-state index in [1.54, 1.807) is 0 Å². The lowest BCUT2D eigenvalue weighted by Gasteiger charge is -2.35. The molecule has 3 rings (SSSR count). The van der Waals surface area contributed by atoms with E-state index in [0.717, 1.165) is 38.0 Å². The number of H-pyrrole nitrogens is 1. The van der Waals surface area contributed by atoms with Gasteiger partial charge in [0, 0.05) is 25.0 Å². The molecule has 2 heterocycles. The molecule has 1 aromatic heterocycles. The molecule has 1 aliphatic rings. The Hall–Kier alpha value is -1.39. The molecule has 4 heteroatoms. The number of likely N-dealkylation sites (tertiary alicyclic amines) is 1. The molecular weight excluding hydrogens is 226 g/mol. The molecule has 18 heavy (non-hydrogen) atoms. The molecule has 1 aliphatic heterocycles. The molecule has 1 aromatic carbocycles. The molecule has 0 amide bonds. The summed E-state index contributed by atoms with van der Waals surface area (Å²) in [4.78, 5) is 2.37. The Morgan fingerprint density at radius 1 is 1.33 bits per heavy atom. The third-order valence-electron chi connectivity index (χ3n) is 3.86. The van der Waals surface area contributed by atoms with Gasteiger partial charge in [0.15, 0.2) is 0 Å². The van der Waals surface area contributed by atoms with Crippen LogP contribution >= 0.6 is 0 Å². The smallest absolute Gasteiger partial charge is 0.0924 e. The van der Waals surface area contributed by atoms with Crippen molar-refractivity contribution in [2.24, 2.45) is 0 Å². The lowest BCUT2D eigenvalue weighted by molar-refractivity contribution is -0.00748. The van der Waals surface area contributed by atoms with Crippen molar-refractivity contribution in [1.29, 1.82) is 0 Å². The van der Waals surface area contributed by atoms with Gasteiger partial charge in [0.1, 0.15) is 0 Å². The zero-order valence-corrected chi connectivity index (χ0v) is 10.7. The third kappa shape index (κ3) is 2.26. The van der Waals surface area contributed by atoms with Crippen LogP contribution in [-0.4, -0.2) is 38.9 Å². The second kappa shape index (κ2) is 4.37. The minimum Gasteiger partial charge on any atom is -0.390 e. The molecule has 96 valence electrons. The predicted octanol–water partition coefficient (Wildman–Crippen LogP) is 1.91. The van der Waals surface area contributed by atoms with Gasteiger partial charge in [0.25, 0.3) is 0 Å². The van der Waals surface area contributed by atoms with Crippen molar-refractivity contribution in [3.8, 4) is 0 Å². The average Bonchev–Trinajstić information content (AvgIpc) is 2.76. The van der Waals surface area contributed by atoms with E-state index in [1.807, 2.05) is 25.1 Å². The van der Waals surface area contributed by atoms with Crippen LogP contribution in [0.2, 0.25) is 0 Å². The maximum absolute atomic E-state index is 9.94. The van der Waals surface area contributed by atoms with E-state index in [9.17, 15) is 5.11 Å². The average molecular weight is 245 g/mol. The number of rotatable bonds is 2. The van der Waals surface area contributed by atoms with E-state index in [1.165, 1.54) is 11.1 Å². The van der Waals surface area contributed by atoms with E-state index in [0.29, 0.717) is 0 Å². The zero-order valence-electron chi connectivity index (χ0n) is 10.7. The summed E-state index contributed by atoms with van der Waals surface area (Å²) in [5, 5.41) is 18.6. The van der Waals surface area contributed by atoms with Gasteiger partial charge < -0.3 is 5.11 Å². The first-order valence-corrected chi connectivity index (χ1v) is 6.51. The van der Waals surface area contributed by atoms with Crippen LogP contribution in [-0.2, 0) is 6.54 Å². The van der Waals surface area contributed by atoms with Crippen LogP contribution in [0.25, 0.3) is 10.9 Å². The Labute approximate surface area is 107 Å². The molecule has 0 aliphatic carbocycles. The number of nitrogens with one attached hydrogen (secondary N) is 1. The molecule has 2 aromatic rings. The molecule has 0 saturated carbocycles. The van der Waals surface area contributed by atoms with Crippen LogP contribution < -0.4 is 0 Å². The number of fused-ring (bicyclic) bond motifs is 1. The predicted molar refractivity (Wildman–Crippen MR) is 71.2 cm³/mol. The summed E-state index contributed by atoms with van der Waals surface area (Å²) < 4.78 is 0. The van der Waals surface area contributed by atoms with Gasteiger partial charge in [0.05, 0.1) is 16.8 Å². The highest BCUT2D eigenvalue weighted by Gasteiger charge is 2.27. The van der Waals surface area contributed by atoms with Crippen LogP contribution in [0.3, 0.4) is 0 Å². The number of para-hydroxylation sites is 1. The quantitative estimate of drug-likeness (QED) is 0.849. The first-order chi connectivity index (χ1) is 8.64. The summed E-state index contributed by atoms with van der Waals surface area (Å²) in [6.07, 6.45) is 1.69. The van der Waals surface area contributed by atoms with E-state index < -0.39 is 5.60 Å². The van der Waals surface area contributed by atoms with Gasteiger partial charge in [-0.3, -0.25) is 10.00 Å². The fourth-order valence-corrected chi connectivity index (χ4v) is 2.55. The van der Waals surface area contributed by atoms with Gasteiger partial charge in [-0.15, -0.1) is 0 Å². The summed E-state index contributed by atoms with van der Waals surface area (Å²) in [6.45, 7) is 4.70. The molecule has 1 saturated heterocycles. The number of hydrogen-bond acceptors (Lipinski definition) is 3. The summed E-state index contributed by atoms with van der Waals surface area (Å²) >= 11 is 0. The van der Waals surface area contributed by atoms with Crippen LogP contribution in [0.1, 0.15) is 25.5 Å². The second-order valence-electron chi connectivity index (χ2n) is 5.49. The first-order valence-electron chi connectivity index (χ1n) is 6.51. The molecule has 0 bridgehead atoms. The number of aliphatic hydroxyl groups is 1. The number of piperidine rings is 1. The summed E-state index contributed by atoms with van der Waals surface area (Å²) in [5.74, 6) is 0. The molecule has 0 spiro atoms. The highest BCUT2D eigenvalue weighted by atomic mass is 16.3. The minimum absolute atomic E-state index is 0.480. The molecule has 1 fully saturated rings. The van der Waals surface area contributed by atoms with Crippen molar-refractivity contribution < 1.29 is 5.11 Å². The Balaban J connectivity index is 1.74. The van der Waals surface area contributed by atoms with Crippen molar-refractivity contribution in [2.75, 3.05) is 13.1 Å². The van der Waals surface area contributed by atoms with E-state index in [2.05, 4.69) is 21.2 Å². The van der Waals surface area contributed by atoms with Crippen LogP contribution in [0.15, 0.2) is 24.3 Å². The number of hydrogen-bond donors (Lipinski definition) is 2. The maximum Gasteiger partial charge on any atom is 0.0924 e. The lowest BCUT2D eigenvalue weighted by Crippen LogP contribution is -2.42. The molecule has 2 N–H and O–H groups in total. The molecule has 4 nitrogen and oxygen atoms in total. The normalized spacial score (nSPS) is 20.3. The number of aromatic nitrogens is 2. The Morgan fingerprint density at radius 2 is 2.06 bits per heavy atom. The van der Waals surface area contributed by atoms with Crippen molar-refractivity contribution in [1.82, 2.24) is 15.1 Å². The first kappa shape index (κ1) is 11.7. The monoisotopic (exact) mass is 245 g/mol. The summed E-state index contributed by atoms with van der Waals surface area (Å²) in [7, 11) is 0. The zero-order chi connectivity index (χ0) is 12.6. The van der Waals surface area contributed by atoms with Gasteiger partial charge >= 0.3 is 0 Å². The third-order valence-corrected chi connectivity index (χ3v) is 3.86. The van der Waals surface area contributed by atoms with E-state index in [4.69, 9.17) is 0 Å². The van der Waals surface area contributed by atoms with Gasteiger partial charge in [-0.2, -0.15) is 5.10 Å². The standard InChI is InChI=1S/C14H19N3O/c1-14(18)6-8-17(9-7-14)10-13-11-4-2-3-5-12(11)15-16-13/h2-5,18H,6-10H2,1H3,(H,15,16). The van der Waals surface area contributed by atoms with Crippen LogP contribution in [0.5, 0.6) is 0 Å². The van der Waals surface area contributed by atoms with Gasteiger partial charge in [-0.25, -0.2) is 0 Å². The van der Waals surface area contributed by atoms with Crippen molar-refractivity contribution >= 4 is 10.9 Å². The maximum atomic E-state index is 9.94. The van der Waals surface area contributed by atoms with Crippen molar-refractivity contribution in [2.45, 2.75) is 31.9 Å². The van der Waals surface area contributed by atoms with Crippen LogP contribution in [0.4, 0.5) is 0 Å². The molecule has 0 radical (unpaired) electrons. The summed E-state index contributed by atoms with van der Waals surface area (Å²) in [5.41, 5.74) is 1.72. The highest BCUT2D eigenvalue weighted by Crippen LogP contribution is 2.23. The number of nitrogens with zero attached hydrogens (tertiary/aromatic N) is 2. The van der Waals surface area contributed by atoms with Crippen molar-refractivity contribution in [3.05, 3.63) is 30.0 Å². The van der Waals surface area contributed by atoms with E-state index >= 15 is 0 Å².